The van der Waals surface area contributed by atoms with E-state index in [9.17, 15) is 17.8 Å². The summed E-state index contributed by atoms with van der Waals surface area (Å²) in [6.45, 7) is 3.20. The van der Waals surface area contributed by atoms with Gasteiger partial charge in [0.1, 0.15) is 5.82 Å². The quantitative estimate of drug-likeness (QED) is 0.440. The number of carbonyl (C=O) groups excluding carboxylic acids is 1. The van der Waals surface area contributed by atoms with Crippen LogP contribution < -0.4 is 5.73 Å². The Bertz CT molecular complexity index is 1400. The van der Waals surface area contributed by atoms with Gasteiger partial charge in [-0.3, -0.25) is 9.69 Å². The Morgan fingerprint density at radius 2 is 1.89 bits per heavy atom. The van der Waals surface area contributed by atoms with Gasteiger partial charge >= 0.3 is 0 Å². The number of halogens is 5. The zero-order valence-corrected chi connectivity index (χ0v) is 23.9. The fraction of sp³-hybridized carbons (Fsp3) is 0.462. The minimum absolute atomic E-state index is 0. The van der Waals surface area contributed by atoms with Crippen molar-refractivity contribution in [1.29, 1.82) is 0 Å². The Morgan fingerprint density at radius 1 is 1.21 bits per heavy atom. The van der Waals surface area contributed by atoms with E-state index in [1.54, 1.807) is 31.2 Å². The van der Waals surface area contributed by atoms with Crippen LogP contribution >= 0.6 is 24.0 Å². The molecule has 208 valence electrons. The average Bonchev–Trinajstić information content (AvgIpc) is 2.75. The summed E-state index contributed by atoms with van der Waals surface area (Å²) in [6.07, 6.45) is 2.81. The van der Waals surface area contributed by atoms with Crippen molar-refractivity contribution >= 4 is 51.3 Å². The van der Waals surface area contributed by atoms with Crippen LogP contribution in [-0.2, 0) is 20.1 Å². The highest BCUT2D eigenvalue weighted by Gasteiger charge is 2.47. The second kappa shape index (κ2) is 10.7. The van der Waals surface area contributed by atoms with Gasteiger partial charge in [0.2, 0.25) is 5.91 Å². The summed E-state index contributed by atoms with van der Waals surface area (Å²) in [7, 11) is -2.46. The second-order valence-corrected chi connectivity index (χ2v) is 13.3. The number of benzene rings is 2. The van der Waals surface area contributed by atoms with Crippen molar-refractivity contribution in [3.63, 3.8) is 0 Å². The third-order valence-electron chi connectivity index (χ3n) is 7.04. The number of rotatable bonds is 4. The van der Waals surface area contributed by atoms with E-state index in [1.807, 2.05) is 0 Å². The maximum atomic E-state index is 15.1. The number of hydrogen-bond acceptors (Lipinski definition) is 5. The predicted molar refractivity (Wildman–Crippen MR) is 148 cm³/mol. The second-order valence-electron chi connectivity index (χ2n) is 10.4. The molecule has 1 aliphatic heterocycles. The molecule has 0 bridgehead atoms. The molecule has 0 unspecified atom stereocenters. The molecule has 1 amide bonds. The van der Waals surface area contributed by atoms with Crippen molar-refractivity contribution in [3.8, 4) is 11.1 Å². The van der Waals surface area contributed by atoms with Gasteiger partial charge in [-0.05, 0) is 37.5 Å². The molecule has 2 aromatic rings. The van der Waals surface area contributed by atoms with Crippen LogP contribution in [0, 0.1) is 11.7 Å². The van der Waals surface area contributed by atoms with E-state index in [4.69, 9.17) is 17.3 Å². The SMILES string of the molecule is C[C@H]1C[C@@H](N2C(=O)C[C@@](C)(c3cccc(-c4ccc(N=S(C)(C)=O)cc4F)c3Cl)N=C2N)CCC1(F)F.Cl. The minimum Gasteiger partial charge on any atom is -0.369 e. The highest BCUT2D eigenvalue weighted by atomic mass is 35.5. The van der Waals surface area contributed by atoms with Gasteiger partial charge in [-0.1, -0.05) is 36.7 Å². The maximum absolute atomic E-state index is 15.1. The molecule has 0 aromatic heterocycles. The standard InChI is InChI=1S/C26H30ClF3N4O2S.ClH/c1-15-12-17(10-11-26(15,29)30)34-22(35)14-25(2,32-24(34)31)20-7-5-6-19(23(20)27)18-9-8-16(13-21(18)28)33-37(3,4)36;/h5-9,13,15,17H,10-12,14H2,1-4H3,(H2,31,32);1H/t15-,17-,25-;/m0./s1. The molecule has 12 heteroatoms. The van der Waals surface area contributed by atoms with Gasteiger partial charge in [0.25, 0.3) is 5.92 Å². The van der Waals surface area contributed by atoms with Crippen LogP contribution in [0.15, 0.2) is 45.8 Å². The van der Waals surface area contributed by atoms with E-state index in [-0.39, 0.29) is 66.2 Å². The Morgan fingerprint density at radius 3 is 2.47 bits per heavy atom. The van der Waals surface area contributed by atoms with Gasteiger partial charge < -0.3 is 5.73 Å². The van der Waals surface area contributed by atoms with Gasteiger partial charge in [0.15, 0.2) is 5.96 Å². The molecule has 2 aliphatic rings. The van der Waals surface area contributed by atoms with Crippen molar-refractivity contribution in [2.24, 2.45) is 21.0 Å². The summed E-state index contributed by atoms with van der Waals surface area (Å²) < 4.78 is 59.0. The lowest BCUT2D eigenvalue weighted by atomic mass is 9.81. The minimum atomic E-state index is -2.77. The third-order valence-corrected chi connectivity index (χ3v) is 8.10. The smallest absolute Gasteiger partial charge is 0.250 e. The normalized spacial score (nSPS) is 25.4. The Kier molecular flexibility index (Phi) is 8.51. The summed E-state index contributed by atoms with van der Waals surface area (Å²) in [5, 5.41) is 0.215. The Labute approximate surface area is 232 Å². The van der Waals surface area contributed by atoms with Gasteiger partial charge in [0.05, 0.1) is 22.7 Å². The van der Waals surface area contributed by atoms with Gasteiger partial charge in [0, 0.05) is 57.8 Å². The number of aliphatic imine (C=N–C) groups is 1. The van der Waals surface area contributed by atoms with Crippen molar-refractivity contribution < 1.29 is 22.2 Å². The first-order chi connectivity index (χ1) is 17.1. The molecule has 1 aliphatic carbocycles. The molecule has 2 aromatic carbocycles. The van der Waals surface area contributed by atoms with Crippen LogP contribution in [0.1, 0.15) is 45.1 Å². The van der Waals surface area contributed by atoms with E-state index >= 15 is 4.39 Å². The van der Waals surface area contributed by atoms with E-state index in [1.165, 1.54) is 36.5 Å². The van der Waals surface area contributed by atoms with Gasteiger partial charge in [-0.25, -0.2) is 22.4 Å². The molecule has 6 nitrogen and oxygen atoms in total. The number of nitrogens with zero attached hydrogens (tertiary/aromatic N) is 3. The largest absolute Gasteiger partial charge is 0.369 e. The van der Waals surface area contributed by atoms with E-state index < -0.39 is 39.0 Å². The highest BCUT2D eigenvalue weighted by molar-refractivity contribution is 7.92. The van der Waals surface area contributed by atoms with E-state index in [0.29, 0.717) is 11.1 Å². The topological polar surface area (TPSA) is 88.1 Å². The molecule has 1 fully saturated rings. The van der Waals surface area contributed by atoms with Gasteiger partial charge in [-0.2, -0.15) is 4.36 Å². The lowest BCUT2D eigenvalue weighted by Crippen LogP contribution is -2.56. The van der Waals surface area contributed by atoms with Crippen LogP contribution in [0.5, 0.6) is 0 Å². The highest BCUT2D eigenvalue weighted by Crippen LogP contribution is 2.44. The lowest BCUT2D eigenvalue weighted by molar-refractivity contribution is -0.136. The number of carbonyl (C=O) groups is 1. The van der Waals surface area contributed by atoms with Crippen LogP contribution in [0.25, 0.3) is 11.1 Å². The van der Waals surface area contributed by atoms with Crippen molar-refractivity contribution in [1.82, 2.24) is 4.90 Å². The number of amides is 1. The first-order valence-electron chi connectivity index (χ1n) is 11.9. The zero-order chi connectivity index (χ0) is 27.3. The zero-order valence-electron chi connectivity index (χ0n) is 21.5. The van der Waals surface area contributed by atoms with Crippen molar-refractivity contribution in [2.75, 3.05) is 12.5 Å². The van der Waals surface area contributed by atoms with Crippen LogP contribution in [0.4, 0.5) is 18.9 Å². The summed E-state index contributed by atoms with van der Waals surface area (Å²) in [5.74, 6) is -4.59. The van der Waals surface area contributed by atoms with Crippen molar-refractivity contribution in [2.45, 2.75) is 57.0 Å². The molecule has 2 N–H and O–H groups in total. The average molecular weight is 592 g/mol. The monoisotopic (exact) mass is 590 g/mol. The predicted octanol–water partition coefficient (Wildman–Crippen LogP) is 6.51. The summed E-state index contributed by atoms with van der Waals surface area (Å²) in [5.41, 5.74) is 6.47. The third kappa shape index (κ3) is 5.97. The summed E-state index contributed by atoms with van der Waals surface area (Å²) >= 11 is 6.76. The molecule has 38 heavy (non-hydrogen) atoms. The van der Waals surface area contributed by atoms with Crippen LogP contribution in [-0.4, -0.2) is 45.5 Å². The molecular weight excluding hydrogens is 560 g/mol. The van der Waals surface area contributed by atoms with Crippen LogP contribution in [0.2, 0.25) is 5.02 Å². The molecule has 1 saturated carbocycles. The Hall–Kier alpha value is -2.30. The molecule has 1 heterocycles. The lowest BCUT2D eigenvalue weighted by Gasteiger charge is -2.43. The first-order valence-corrected chi connectivity index (χ1v) is 14.6. The Balaban J connectivity index is 0.00000400. The molecule has 4 rings (SSSR count). The number of nitrogens with two attached hydrogens (primary N) is 1. The van der Waals surface area contributed by atoms with Crippen LogP contribution in [0.3, 0.4) is 0 Å². The number of hydrogen-bond donors (Lipinski definition) is 1. The van der Waals surface area contributed by atoms with Gasteiger partial charge in [-0.15, -0.1) is 12.4 Å². The molecule has 0 spiro atoms. The molecule has 3 atom stereocenters. The molecular formula is C26H31Cl2F3N4O2S. The summed E-state index contributed by atoms with van der Waals surface area (Å²) in [6, 6.07) is 8.87. The fourth-order valence-corrected chi connectivity index (χ4v) is 6.18. The van der Waals surface area contributed by atoms with Crippen molar-refractivity contribution in [3.05, 3.63) is 52.8 Å². The fourth-order valence-electron chi connectivity index (χ4n) is 5.13. The molecule has 0 radical (unpaired) electrons. The van der Waals surface area contributed by atoms with E-state index in [2.05, 4.69) is 9.36 Å². The molecule has 0 saturated heterocycles. The first kappa shape index (κ1) is 30.2. The maximum Gasteiger partial charge on any atom is 0.250 e. The number of guanidine groups is 1. The number of alkyl halides is 2. The summed E-state index contributed by atoms with van der Waals surface area (Å²) in [4.78, 5) is 19.2. The van der Waals surface area contributed by atoms with E-state index in [0.717, 1.165) is 0 Å².